The van der Waals surface area contributed by atoms with Gasteiger partial charge in [-0.3, -0.25) is 0 Å². The molecule has 3 rings (SSSR count). The van der Waals surface area contributed by atoms with Crippen LogP contribution in [-0.2, 0) is 0 Å². The second-order valence-electron chi connectivity index (χ2n) is 10.6. The molecule has 0 spiro atoms. The van der Waals surface area contributed by atoms with E-state index in [0.717, 1.165) is 0 Å². The first-order valence-electron chi connectivity index (χ1n) is 10.7. The van der Waals surface area contributed by atoms with Crippen LogP contribution in [0.5, 0.6) is 0 Å². The molecule has 3 aromatic rings. The second kappa shape index (κ2) is 9.25. The highest BCUT2D eigenvalue weighted by atomic mass is 127. The Bertz CT molecular complexity index is 895. The molecular formula is C27H37IN2. The molecule has 30 heavy (non-hydrogen) atoms. The smallest absolute Gasteiger partial charge is 0.244 e. The molecule has 1 aromatic heterocycles. The van der Waals surface area contributed by atoms with Gasteiger partial charge in [0.1, 0.15) is 24.5 Å². The maximum atomic E-state index is 2.40. The molecule has 0 unspecified atom stereocenters. The molecule has 0 radical (unpaired) electrons. The minimum atomic E-state index is 0. The van der Waals surface area contributed by atoms with Crippen LogP contribution in [0.4, 0.5) is 0 Å². The van der Waals surface area contributed by atoms with E-state index in [1.54, 1.807) is 0 Å². The largest absolute Gasteiger partial charge is 1.00 e. The molecule has 3 heteroatoms. The highest BCUT2D eigenvalue weighted by Crippen LogP contribution is 2.38. The molecule has 2 nitrogen and oxygen atoms in total. The average Bonchev–Trinajstić information content (AvgIpc) is 3.05. The second-order valence-corrected chi connectivity index (χ2v) is 10.6. The quantitative estimate of drug-likeness (QED) is 0.370. The Kier molecular flexibility index (Phi) is 7.60. The summed E-state index contributed by atoms with van der Waals surface area (Å²) in [6.07, 6.45) is 6.81. The predicted molar refractivity (Wildman–Crippen MR) is 122 cm³/mol. The first-order valence-corrected chi connectivity index (χ1v) is 10.7. The molecule has 0 amide bonds. The molecule has 0 aliphatic carbocycles. The van der Waals surface area contributed by atoms with E-state index in [0.29, 0.717) is 0 Å². The molecule has 0 saturated heterocycles. The van der Waals surface area contributed by atoms with Crippen LogP contribution in [0.15, 0.2) is 67.3 Å². The minimum absolute atomic E-state index is 0. The van der Waals surface area contributed by atoms with Crippen molar-refractivity contribution in [2.45, 2.75) is 67.5 Å². The van der Waals surface area contributed by atoms with Gasteiger partial charge < -0.3 is 24.0 Å². The Hall–Kier alpha value is -1.62. The molecule has 162 valence electrons. The molecule has 1 heterocycles. The molecule has 0 bridgehead atoms. The van der Waals surface area contributed by atoms with Gasteiger partial charge in [0.2, 0.25) is 6.33 Å². The zero-order chi connectivity index (χ0) is 21.4. The molecule has 0 aliphatic heterocycles. The van der Waals surface area contributed by atoms with E-state index < -0.39 is 0 Å². The van der Waals surface area contributed by atoms with Crippen LogP contribution in [0, 0.1) is 24.7 Å². The Morgan fingerprint density at radius 3 is 1.70 bits per heavy atom. The number of nitrogens with zero attached hydrogens (tertiary/aromatic N) is 2. The van der Waals surface area contributed by atoms with E-state index in [1.807, 2.05) is 0 Å². The molecule has 0 N–H and O–H groups in total. The molecule has 0 fully saturated rings. The van der Waals surface area contributed by atoms with Crippen LogP contribution >= 0.6 is 0 Å². The van der Waals surface area contributed by atoms with Gasteiger partial charge in [-0.2, -0.15) is 0 Å². The van der Waals surface area contributed by atoms with Crippen LogP contribution in [0.1, 0.15) is 75.9 Å². The lowest BCUT2D eigenvalue weighted by Gasteiger charge is -2.31. The summed E-state index contributed by atoms with van der Waals surface area (Å²) in [6, 6.07) is 18.1. The first kappa shape index (κ1) is 24.6. The highest BCUT2D eigenvalue weighted by Gasteiger charge is 2.36. The normalized spacial score (nSPS) is 14.1. The lowest BCUT2D eigenvalue weighted by atomic mass is 9.80. The lowest BCUT2D eigenvalue weighted by molar-refractivity contribution is -0.725. The topological polar surface area (TPSA) is 8.81 Å². The van der Waals surface area contributed by atoms with Crippen molar-refractivity contribution in [3.05, 3.63) is 89.5 Å². The Morgan fingerprint density at radius 2 is 1.23 bits per heavy atom. The third-order valence-corrected chi connectivity index (χ3v) is 5.88. The maximum Gasteiger partial charge on any atom is 0.244 e. The number of rotatable bonds is 4. The van der Waals surface area contributed by atoms with Crippen LogP contribution in [0.2, 0.25) is 0 Å². The number of hydrogen-bond acceptors (Lipinski definition) is 0. The zero-order valence-electron chi connectivity index (χ0n) is 19.8. The zero-order valence-corrected chi connectivity index (χ0v) is 21.9. The fourth-order valence-electron chi connectivity index (χ4n) is 4.63. The number of benzene rings is 2. The Balaban J connectivity index is 0.00000320. The maximum absolute atomic E-state index is 2.40. The lowest BCUT2D eigenvalue weighted by Crippen LogP contribution is -3.00. The van der Waals surface area contributed by atoms with Crippen molar-refractivity contribution in [1.29, 1.82) is 0 Å². The summed E-state index contributed by atoms with van der Waals surface area (Å²) in [5.41, 5.74) is 5.68. The van der Waals surface area contributed by atoms with Gasteiger partial charge in [0.15, 0.2) is 0 Å². The number of imidazole rings is 1. The Morgan fingerprint density at radius 1 is 0.733 bits per heavy atom. The van der Waals surface area contributed by atoms with Crippen LogP contribution < -0.4 is 28.5 Å². The Labute approximate surface area is 200 Å². The van der Waals surface area contributed by atoms with Crippen molar-refractivity contribution in [1.82, 2.24) is 4.57 Å². The fraction of sp³-hybridized carbons (Fsp3) is 0.444. The molecule has 0 saturated carbocycles. The van der Waals surface area contributed by atoms with Crippen molar-refractivity contribution in [3.8, 4) is 0 Å². The summed E-state index contributed by atoms with van der Waals surface area (Å²) >= 11 is 0. The molecular weight excluding hydrogens is 479 g/mol. The summed E-state index contributed by atoms with van der Waals surface area (Å²) in [5, 5.41) is 0. The summed E-state index contributed by atoms with van der Waals surface area (Å²) in [6.45, 7) is 18.4. The van der Waals surface area contributed by atoms with Crippen molar-refractivity contribution in [3.63, 3.8) is 0 Å². The van der Waals surface area contributed by atoms with Crippen LogP contribution in [0.3, 0.4) is 0 Å². The van der Waals surface area contributed by atoms with Gasteiger partial charge in [-0.15, -0.1) is 0 Å². The van der Waals surface area contributed by atoms with Gasteiger partial charge in [-0.25, -0.2) is 9.13 Å². The third kappa shape index (κ3) is 5.16. The van der Waals surface area contributed by atoms with Gasteiger partial charge in [0.25, 0.3) is 0 Å². The summed E-state index contributed by atoms with van der Waals surface area (Å²) in [7, 11) is 0. The fourth-order valence-corrected chi connectivity index (χ4v) is 4.63. The molecule has 0 aliphatic rings. The average molecular weight is 517 g/mol. The van der Waals surface area contributed by atoms with Crippen molar-refractivity contribution >= 4 is 0 Å². The number of aryl methyl sites for hydroxylation is 2. The summed E-state index contributed by atoms with van der Waals surface area (Å²) < 4.78 is 4.80. The summed E-state index contributed by atoms with van der Waals surface area (Å²) in [4.78, 5) is 0. The van der Waals surface area contributed by atoms with Gasteiger partial charge in [-0.05, 0) is 25.0 Å². The molecule has 2 atom stereocenters. The standard InChI is InChI=1S/C27H37N2.HI/c1-20-13-9-11-15-22(20)24(26(3,4)5)28-17-18-29(19-28)25(27(6,7)8)23-16-12-10-14-21(23)2;/h9-19,24-25H,1-8H3;1H/q+1;/p-1/t24-,25-;/m1./s1. The monoisotopic (exact) mass is 516 g/mol. The van der Waals surface area contributed by atoms with E-state index in [2.05, 4.69) is 132 Å². The first-order chi connectivity index (χ1) is 13.5. The third-order valence-electron chi connectivity index (χ3n) is 5.88. The number of aromatic nitrogens is 2. The summed E-state index contributed by atoms with van der Waals surface area (Å²) in [5.74, 6) is 0. The van der Waals surface area contributed by atoms with E-state index in [1.165, 1.54) is 22.3 Å². The SMILES string of the molecule is Cc1ccccc1[C@@H](n1cc[n+]([C@H](c2ccccc2C)C(C)(C)C)c1)C(C)(C)C.[I-]. The molecule has 2 aromatic carbocycles. The van der Waals surface area contributed by atoms with E-state index in [9.17, 15) is 0 Å². The number of halogens is 1. The number of hydrogen-bond donors (Lipinski definition) is 0. The van der Waals surface area contributed by atoms with Gasteiger partial charge in [0, 0.05) is 22.0 Å². The van der Waals surface area contributed by atoms with E-state index in [4.69, 9.17) is 0 Å². The van der Waals surface area contributed by atoms with Crippen LogP contribution in [0.25, 0.3) is 0 Å². The van der Waals surface area contributed by atoms with Crippen molar-refractivity contribution < 1.29 is 28.5 Å². The van der Waals surface area contributed by atoms with E-state index in [-0.39, 0.29) is 46.9 Å². The van der Waals surface area contributed by atoms with Crippen molar-refractivity contribution in [2.24, 2.45) is 10.8 Å². The van der Waals surface area contributed by atoms with Crippen LogP contribution in [-0.4, -0.2) is 4.57 Å². The highest BCUT2D eigenvalue weighted by molar-refractivity contribution is 5.31. The van der Waals surface area contributed by atoms with Gasteiger partial charge in [-0.1, -0.05) is 90.1 Å². The van der Waals surface area contributed by atoms with E-state index >= 15 is 0 Å². The predicted octanol–water partition coefficient (Wildman–Crippen LogP) is 3.67. The van der Waals surface area contributed by atoms with Gasteiger partial charge in [0.05, 0.1) is 0 Å². The minimum Gasteiger partial charge on any atom is -1.00 e. The van der Waals surface area contributed by atoms with Gasteiger partial charge >= 0.3 is 0 Å². The van der Waals surface area contributed by atoms with Crippen molar-refractivity contribution in [2.75, 3.05) is 0 Å².